The largest absolute Gasteiger partial charge is 0.356 e. The van der Waals surface area contributed by atoms with Crippen molar-refractivity contribution in [3.05, 3.63) is 35.9 Å². The van der Waals surface area contributed by atoms with Gasteiger partial charge < -0.3 is 5.32 Å². The van der Waals surface area contributed by atoms with Gasteiger partial charge in [0.2, 0.25) is 11.8 Å². The van der Waals surface area contributed by atoms with Crippen molar-refractivity contribution in [1.29, 1.82) is 0 Å². The minimum atomic E-state index is -0.0482. The molecule has 1 atom stereocenters. The maximum absolute atomic E-state index is 11.9. The first-order valence-corrected chi connectivity index (χ1v) is 9.69. The molecule has 0 aliphatic carbocycles. The van der Waals surface area contributed by atoms with Crippen molar-refractivity contribution in [3.63, 3.8) is 0 Å². The fourth-order valence-electron chi connectivity index (χ4n) is 2.59. The van der Waals surface area contributed by atoms with Crippen molar-refractivity contribution in [3.8, 4) is 0 Å². The van der Waals surface area contributed by atoms with Crippen molar-refractivity contribution < 1.29 is 9.59 Å². The molecule has 1 aliphatic heterocycles. The number of benzene rings is 1. The molecule has 0 saturated carbocycles. The van der Waals surface area contributed by atoms with Crippen molar-refractivity contribution in [2.24, 2.45) is 0 Å². The SMILES string of the molecule is CC1SC(=S)N(CCCCCC(=O)NCCc2ccccc2)C1=O. The van der Waals surface area contributed by atoms with Crippen LogP contribution >= 0.6 is 24.0 Å². The average Bonchev–Trinajstić information content (AvgIpc) is 2.81. The number of hydrogen-bond donors (Lipinski definition) is 1. The molecule has 0 radical (unpaired) electrons. The molecular formula is C18H24N2O2S2. The Balaban J connectivity index is 1.52. The minimum Gasteiger partial charge on any atom is -0.356 e. The predicted octanol–water partition coefficient (Wildman–Crippen LogP) is 3.15. The number of unbranched alkanes of at least 4 members (excludes halogenated alkanes) is 2. The zero-order valence-corrected chi connectivity index (χ0v) is 15.6. The van der Waals surface area contributed by atoms with E-state index in [2.05, 4.69) is 17.4 Å². The summed E-state index contributed by atoms with van der Waals surface area (Å²) in [5.41, 5.74) is 1.23. The number of hydrogen-bond acceptors (Lipinski definition) is 4. The molecule has 4 nitrogen and oxygen atoms in total. The zero-order valence-electron chi connectivity index (χ0n) is 14.0. The first-order valence-electron chi connectivity index (χ1n) is 8.40. The van der Waals surface area contributed by atoms with Gasteiger partial charge in [-0.15, -0.1) is 0 Å². The van der Waals surface area contributed by atoms with Gasteiger partial charge >= 0.3 is 0 Å². The summed E-state index contributed by atoms with van der Waals surface area (Å²) < 4.78 is 0.686. The van der Waals surface area contributed by atoms with Crippen LogP contribution in [0.2, 0.25) is 0 Å². The zero-order chi connectivity index (χ0) is 17.4. The molecule has 0 aromatic heterocycles. The first-order chi connectivity index (χ1) is 11.6. The van der Waals surface area contributed by atoms with E-state index in [0.717, 1.165) is 25.7 Å². The van der Waals surface area contributed by atoms with Gasteiger partial charge in [-0.1, -0.05) is 60.7 Å². The molecule has 0 spiro atoms. The van der Waals surface area contributed by atoms with Crippen LogP contribution in [0.15, 0.2) is 30.3 Å². The van der Waals surface area contributed by atoms with Crippen LogP contribution in [0.3, 0.4) is 0 Å². The lowest BCUT2D eigenvalue weighted by molar-refractivity contribution is -0.126. The normalized spacial score (nSPS) is 17.4. The van der Waals surface area contributed by atoms with Crippen LogP contribution in [-0.2, 0) is 16.0 Å². The number of rotatable bonds is 9. The first kappa shape index (κ1) is 18.9. The molecule has 6 heteroatoms. The highest BCUT2D eigenvalue weighted by molar-refractivity contribution is 8.24. The standard InChI is InChI=1S/C18H24N2O2S2/c1-14-17(22)20(18(23)24-14)13-7-3-6-10-16(21)19-12-11-15-8-4-2-5-9-15/h2,4-5,8-9,14H,3,6-7,10-13H2,1H3,(H,19,21). The summed E-state index contributed by atoms with van der Waals surface area (Å²) >= 11 is 6.66. The fourth-order valence-corrected chi connectivity index (χ4v) is 4.04. The number of thiocarbonyl (C=S) groups is 1. The Hall–Kier alpha value is -1.40. The summed E-state index contributed by atoms with van der Waals surface area (Å²) in [6.45, 7) is 3.23. The molecule has 24 heavy (non-hydrogen) atoms. The molecule has 130 valence electrons. The van der Waals surface area contributed by atoms with E-state index in [1.54, 1.807) is 4.90 Å². The van der Waals surface area contributed by atoms with Crippen LogP contribution in [0.5, 0.6) is 0 Å². The van der Waals surface area contributed by atoms with Gasteiger partial charge in [-0.3, -0.25) is 14.5 Å². The van der Waals surface area contributed by atoms with Crippen LogP contribution in [0, 0.1) is 0 Å². The Morgan fingerprint density at radius 1 is 1.25 bits per heavy atom. The molecular weight excluding hydrogens is 340 g/mol. The lowest BCUT2D eigenvalue weighted by Crippen LogP contribution is -2.31. The summed E-state index contributed by atoms with van der Waals surface area (Å²) in [5.74, 6) is 0.214. The molecule has 0 bridgehead atoms. The van der Waals surface area contributed by atoms with Crippen molar-refractivity contribution in [2.45, 2.75) is 44.3 Å². The van der Waals surface area contributed by atoms with E-state index < -0.39 is 0 Å². The highest BCUT2D eigenvalue weighted by Crippen LogP contribution is 2.26. The number of carbonyl (C=O) groups is 2. The van der Waals surface area contributed by atoms with Crippen LogP contribution in [0.4, 0.5) is 0 Å². The van der Waals surface area contributed by atoms with Gasteiger partial charge in [0.1, 0.15) is 4.32 Å². The van der Waals surface area contributed by atoms with E-state index in [4.69, 9.17) is 12.2 Å². The Morgan fingerprint density at radius 3 is 2.67 bits per heavy atom. The summed E-state index contributed by atoms with van der Waals surface area (Å²) in [5, 5.41) is 2.91. The molecule has 1 aliphatic rings. The van der Waals surface area contributed by atoms with Crippen LogP contribution in [-0.4, -0.2) is 39.4 Å². The van der Waals surface area contributed by atoms with Crippen molar-refractivity contribution in [1.82, 2.24) is 10.2 Å². The molecule has 1 heterocycles. The number of nitrogens with zero attached hydrogens (tertiary/aromatic N) is 1. The molecule has 1 aromatic rings. The van der Waals surface area contributed by atoms with Crippen LogP contribution in [0.1, 0.15) is 38.2 Å². The Kier molecular flexibility index (Phi) is 7.72. The second-order valence-electron chi connectivity index (χ2n) is 5.91. The minimum absolute atomic E-state index is 0.0482. The van der Waals surface area contributed by atoms with E-state index >= 15 is 0 Å². The Bertz CT molecular complexity index is 578. The second-order valence-corrected chi connectivity index (χ2v) is 7.89. The van der Waals surface area contributed by atoms with Crippen molar-refractivity contribution >= 4 is 40.1 Å². The van der Waals surface area contributed by atoms with E-state index in [-0.39, 0.29) is 17.1 Å². The quantitative estimate of drug-likeness (QED) is 0.540. The molecule has 1 aromatic carbocycles. The van der Waals surface area contributed by atoms with Gasteiger partial charge in [-0.25, -0.2) is 0 Å². The lowest BCUT2D eigenvalue weighted by atomic mass is 10.1. The smallest absolute Gasteiger partial charge is 0.241 e. The fraction of sp³-hybridized carbons (Fsp3) is 0.500. The van der Waals surface area contributed by atoms with Gasteiger partial charge in [0.15, 0.2) is 0 Å². The lowest BCUT2D eigenvalue weighted by Gasteiger charge is -2.14. The van der Waals surface area contributed by atoms with Crippen LogP contribution in [0.25, 0.3) is 0 Å². The topological polar surface area (TPSA) is 49.4 Å². The van der Waals surface area contributed by atoms with Gasteiger partial charge in [0.25, 0.3) is 0 Å². The summed E-state index contributed by atoms with van der Waals surface area (Å²) in [6, 6.07) is 10.1. The van der Waals surface area contributed by atoms with Crippen LogP contribution < -0.4 is 5.32 Å². The number of nitrogens with one attached hydrogen (secondary N) is 1. The molecule has 1 fully saturated rings. The number of carbonyl (C=O) groups excluding carboxylic acids is 2. The molecule has 1 N–H and O–H groups in total. The summed E-state index contributed by atoms with van der Waals surface area (Å²) in [7, 11) is 0. The van der Waals surface area contributed by atoms with Gasteiger partial charge in [-0.05, 0) is 31.7 Å². The molecule has 1 saturated heterocycles. The van der Waals surface area contributed by atoms with E-state index in [0.29, 0.717) is 23.8 Å². The van der Waals surface area contributed by atoms with Crippen molar-refractivity contribution in [2.75, 3.05) is 13.1 Å². The van der Waals surface area contributed by atoms with Gasteiger partial charge in [-0.2, -0.15) is 0 Å². The number of amides is 2. The third-order valence-corrected chi connectivity index (χ3v) is 5.46. The summed E-state index contributed by atoms with van der Waals surface area (Å²) in [4.78, 5) is 25.4. The third-order valence-electron chi connectivity index (χ3n) is 3.98. The van der Waals surface area contributed by atoms with E-state index in [1.165, 1.54) is 17.3 Å². The predicted molar refractivity (Wildman–Crippen MR) is 103 cm³/mol. The monoisotopic (exact) mass is 364 g/mol. The van der Waals surface area contributed by atoms with E-state index in [1.807, 2.05) is 25.1 Å². The average molecular weight is 365 g/mol. The molecule has 1 unspecified atom stereocenters. The maximum Gasteiger partial charge on any atom is 0.241 e. The number of thioether (sulfide) groups is 1. The summed E-state index contributed by atoms with van der Waals surface area (Å²) in [6.07, 6.45) is 4.05. The molecule has 2 amide bonds. The Labute approximate surface area is 153 Å². The third kappa shape index (κ3) is 5.91. The maximum atomic E-state index is 11.9. The van der Waals surface area contributed by atoms with E-state index in [9.17, 15) is 9.59 Å². The van der Waals surface area contributed by atoms with Gasteiger partial charge in [0, 0.05) is 19.5 Å². The highest BCUT2D eigenvalue weighted by Gasteiger charge is 2.32. The second kappa shape index (κ2) is 9.79. The van der Waals surface area contributed by atoms with Gasteiger partial charge in [0.05, 0.1) is 5.25 Å². The molecule has 2 rings (SSSR count). The Morgan fingerprint density at radius 2 is 2.00 bits per heavy atom. The highest BCUT2D eigenvalue weighted by atomic mass is 32.2.